The summed E-state index contributed by atoms with van der Waals surface area (Å²) in [4.78, 5) is 29.8. The van der Waals surface area contributed by atoms with Crippen LogP contribution in [0.3, 0.4) is 0 Å². The van der Waals surface area contributed by atoms with Crippen molar-refractivity contribution < 1.29 is 14.3 Å². The molecule has 1 aromatic heterocycles. The van der Waals surface area contributed by atoms with Gasteiger partial charge in [0.05, 0.1) is 6.04 Å². The molecule has 1 atom stereocenters. The Morgan fingerprint density at radius 3 is 2.64 bits per heavy atom. The lowest BCUT2D eigenvalue weighted by atomic mass is 9.90. The first-order valence-corrected chi connectivity index (χ1v) is 9.89. The number of ether oxygens (including phenoxy) is 1. The van der Waals surface area contributed by atoms with E-state index >= 15 is 0 Å². The summed E-state index contributed by atoms with van der Waals surface area (Å²) in [6, 6.07) is 8.29. The SMILES string of the molecule is O=C1NC(CCC(=O)N2CC(c3ccc(-c4n[nH]c(C5CC5)n4)cc3)C2)CO1. The molecule has 146 valence electrons. The molecule has 1 aromatic carbocycles. The van der Waals surface area contributed by atoms with Crippen molar-refractivity contribution in [2.45, 2.75) is 43.6 Å². The van der Waals surface area contributed by atoms with Gasteiger partial charge < -0.3 is 15.0 Å². The van der Waals surface area contributed by atoms with Crippen LogP contribution >= 0.6 is 0 Å². The number of aromatic amines is 1. The Kier molecular flexibility index (Phi) is 4.26. The Balaban J connectivity index is 1.12. The van der Waals surface area contributed by atoms with E-state index in [2.05, 4.69) is 44.8 Å². The number of hydrogen-bond acceptors (Lipinski definition) is 5. The van der Waals surface area contributed by atoms with E-state index in [9.17, 15) is 9.59 Å². The van der Waals surface area contributed by atoms with Crippen molar-refractivity contribution in [3.63, 3.8) is 0 Å². The fourth-order valence-corrected chi connectivity index (χ4v) is 3.78. The van der Waals surface area contributed by atoms with Crippen LogP contribution in [0.2, 0.25) is 0 Å². The van der Waals surface area contributed by atoms with Gasteiger partial charge in [0.25, 0.3) is 0 Å². The van der Waals surface area contributed by atoms with Crippen LogP contribution < -0.4 is 5.32 Å². The number of nitrogens with one attached hydrogen (secondary N) is 2. The van der Waals surface area contributed by atoms with Crippen molar-refractivity contribution in [1.82, 2.24) is 25.4 Å². The van der Waals surface area contributed by atoms with Gasteiger partial charge in [-0.3, -0.25) is 9.89 Å². The van der Waals surface area contributed by atoms with Gasteiger partial charge in [-0.2, -0.15) is 5.10 Å². The fourth-order valence-electron chi connectivity index (χ4n) is 3.78. The van der Waals surface area contributed by atoms with Gasteiger partial charge in [0, 0.05) is 36.9 Å². The first-order valence-electron chi connectivity index (χ1n) is 9.89. The van der Waals surface area contributed by atoms with Crippen LogP contribution in [0.1, 0.15) is 48.9 Å². The molecule has 0 bridgehead atoms. The number of rotatable bonds is 6. The largest absolute Gasteiger partial charge is 0.447 e. The van der Waals surface area contributed by atoms with Gasteiger partial charge in [-0.25, -0.2) is 9.78 Å². The molecule has 1 aliphatic carbocycles. The smallest absolute Gasteiger partial charge is 0.407 e. The number of amides is 2. The van der Waals surface area contributed by atoms with Crippen LogP contribution in [-0.2, 0) is 9.53 Å². The molecule has 2 amide bonds. The zero-order valence-electron chi connectivity index (χ0n) is 15.6. The van der Waals surface area contributed by atoms with E-state index in [0.29, 0.717) is 31.3 Å². The first-order chi connectivity index (χ1) is 13.7. The number of cyclic esters (lactones) is 1. The van der Waals surface area contributed by atoms with Crippen molar-refractivity contribution in [3.8, 4) is 11.4 Å². The van der Waals surface area contributed by atoms with Crippen molar-refractivity contribution in [1.29, 1.82) is 0 Å². The molecule has 5 rings (SSSR count). The van der Waals surface area contributed by atoms with Crippen LogP contribution in [0.25, 0.3) is 11.4 Å². The predicted octanol–water partition coefficient (Wildman–Crippen LogP) is 2.16. The van der Waals surface area contributed by atoms with E-state index in [1.165, 1.54) is 18.4 Å². The number of carbonyl (C=O) groups is 2. The van der Waals surface area contributed by atoms with E-state index in [4.69, 9.17) is 4.74 Å². The van der Waals surface area contributed by atoms with E-state index < -0.39 is 6.09 Å². The van der Waals surface area contributed by atoms with E-state index in [0.717, 1.165) is 30.3 Å². The molecule has 8 heteroatoms. The highest BCUT2D eigenvalue weighted by Gasteiger charge is 2.32. The summed E-state index contributed by atoms with van der Waals surface area (Å²) >= 11 is 0. The molecule has 2 aromatic rings. The molecule has 28 heavy (non-hydrogen) atoms. The molecule has 0 spiro atoms. The van der Waals surface area contributed by atoms with Crippen molar-refractivity contribution in [2.75, 3.05) is 19.7 Å². The van der Waals surface area contributed by atoms with E-state index in [1.807, 2.05) is 4.90 Å². The summed E-state index contributed by atoms with van der Waals surface area (Å²) < 4.78 is 4.85. The highest BCUT2D eigenvalue weighted by Crippen LogP contribution is 2.38. The topological polar surface area (TPSA) is 100 Å². The Hall–Kier alpha value is -2.90. The normalized spacial score (nSPS) is 21.9. The van der Waals surface area contributed by atoms with Gasteiger partial charge in [0.2, 0.25) is 5.91 Å². The van der Waals surface area contributed by atoms with Gasteiger partial charge in [0.1, 0.15) is 12.4 Å². The summed E-state index contributed by atoms with van der Waals surface area (Å²) in [5.74, 6) is 2.83. The van der Waals surface area contributed by atoms with Gasteiger partial charge in [-0.1, -0.05) is 24.3 Å². The summed E-state index contributed by atoms with van der Waals surface area (Å²) in [7, 11) is 0. The summed E-state index contributed by atoms with van der Waals surface area (Å²) in [5.41, 5.74) is 2.25. The highest BCUT2D eigenvalue weighted by atomic mass is 16.6. The number of alkyl carbamates (subject to hydrolysis) is 1. The third-order valence-corrected chi connectivity index (χ3v) is 5.79. The van der Waals surface area contributed by atoms with Gasteiger partial charge in [-0.05, 0) is 24.8 Å². The number of carbonyl (C=O) groups excluding carboxylic acids is 2. The number of H-pyrrole nitrogens is 1. The summed E-state index contributed by atoms with van der Waals surface area (Å²) in [6.07, 6.45) is 3.08. The number of aromatic nitrogens is 3. The maximum absolute atomic E-state index is 12.3. The Morgan fingerprint density at radius 1 is 1.18 bits per heavy atom. The fraction of sp³-hybridized carbons (Fsp3) is 0.500. The maximum Gasteiger partial charge on any atom is 0.407 e. The minimum Gasteiger partial charge on any atom is -0.447 e. The zero-order valence-corrected chi connectivity index (χ0v) is 15.6. The second-order valence-corrected chi connectivity index (χ2v) is 7.91. The summed E-state index contributed by atoms with van der Waals surface area (Å²) in [6.45, 7) is 1.85. The Bertz CT molecular complexity index is 884. The third-order valence-electron chi connectivity index (χ3n) is 5.79. The van der Waals surface area contributed by atoms with Crippen molar-refractivity contribution in [2.24, 2.45) is 0 Å². The van der Waals surface area contributed by atoms with Gasteiger partial charge >= 0.3 is 6.09 Å². The molecule has 2 aliphatic heterocycles. The number of likely N-dealkylation sites (tertiary alicyclic amines) is 1. The quantitative estimate of drug-likeness (QED) is 0.799. The second kappa shape index (κ2) is 6.92. The molecular weight excluding hydrogens is 358 g/mol. The van der Waals surface area contributed by atoms with Crippen LogP contribution in [0.15, 0.2) is 24.3 Å². The molecule has 2 N–H and O–H groups in total. The first kappa shape index (κ1) is 17.2. The molecule has 8 nitrogen and oxygen atoms in total. The van der Waals surface area contributed by atoms with Crippen molar-refractivity contribution >= 4 is 12.0 Å². The minimum absolute atomic E-state index is 0.0443. The van der Waals surface area contributed by atoms with Crippen LogP contribution in [0, 0.1) is 0 Å². The van der Waals surface area contributed by atoms with E-state index in [1.54, 1.807) is 0 Å². The molecule has 3 fully saturated rings. The zero-order chi connectivity index (χ0) is 19.1. The van der Waals surface area contributed by atoms with Crippen LogP contribution in [0.4, 0.5) is 4.79 Å². The van der Waals surface area contributed by atoms with Crippen LogP contribution in [-0.4, -0.2) is 57.8 Å². The molecule has 3 heterocycles. The second-order valence-electron chi connectivity index (χ2n) is 7.91. The monoisotopic (exact) mass is 381 g/mol. The molecule has 2 saturated heterocycles. The molecule has 0 radical (unpaired) electrons. The average molecular weight is 381 g/mol. The Morgan fingerprint density at radius 2 is 1.96 bits per heavy atom. The minimum atomic E-state index is -0.390. The Labute approximate surface area is 162 Å². The maximum atomic E-state index is 12.3. The average Bonchev–Trinajstić information content (AvgIpc) is 3.24. The van der Waals surface area contributed by atoms with Crippen LogP contribution in [0.5, 0.6) is 0 Å². The number of hydrogen-bond donors (Lipinski definition) is 2. The summed E-state index contributed by atoms with van der Waals surface area (Å²) in [5, 5.41) is 10.1. The molecular formula is C20H23N5O3. The third kappa shape index (κ3) is 3.46. The lowest BCUT2D eigenvalue weighted by molar-refractivity contribution is -0.135. The standard InChI is InChI=1S/C20H23N5O3/c26-17(8-7-16-11-28-20(27)21-16)25-9-15(10-25)12-1-3-13(4-2-12)18-22-19(24-23-18)14-5-6-14/h1-4,14-16H,5-11H2,(H,21,27)(H,22,23,24). The van der Waals surface area contributed by atoms with Gasteiger partial charge in [0.15, 0.2) is 5.82 Å². The number of nitrogens with zero attached hydrogens (tertiary/aromatic N) is 3. The lowest BCUT2D eigenvalue weighted by Crippen LogP contribution is -2.48. The highest BCUT2D eigenvalue weighted by molar-refractivity contribution is 5.77. The predicted molar refractivity (Wildman–Crippen MR) is 101 cm³/mol. The van der Waals surface area contributed by atoms with Gasteiger partial charge in [-0.15, -0.1) is 0 Å². The van der Waals surface area contributed by atoms with Crippen molar-refractivity contribution in [3.05, 3.63) is 35.7 Å². The molecule has 3 aliphatic rings. The number of benzene rings is 1. The molecule has 1 unspecified atom stereocenters. The lowest BCUT2D eigenvalue weighted by Gasteiger charge is -2.40. The van der Waals surface area contributed by atoms with E-state index in [-0.39, 0.29) is 11.9 Å². The molecule has 1 saturated carbocycles.